The topological polar surface area (TPSA) is 148 Å². The number of allylic oxidation sites excluding steroid dienone is 2. The second-order valence-electron chi connectivity index (χ2n) is 20.3. The molecule has 4 fully saturated rings. The molecule has 9 nitrogen and oxygen atoms in total. The highest BCUT2D eigenvalue weighted by atomic mass is 35.5. The van der Waals surface area contributed by atoms with Gasteiger partial charge in [0.2, 0.25) is 5.91 Å². The van der Waals surface area contributed by atoms with Crippen LogP contribution in [0.3, 0.4) is 0 Å². The number of carboxylic acid groups (broad SMARTS) is 1. The van der Waals surface area contributed by atoms with Crippen molar-refractivity contribution < 1.29 is 29.0 Å². The third-order valence-electron chi connectivity index (χ3n) is 16.2. The molecule has 56 heavy (non-hydrogen) atoms. The standard InChI is InChI=1S/C46H66ClN3O6/c1-27(2)38-31(51)25-46(34(49-23-22-48)24-36(52)50-29-12-10-28(47)11-13-29)21-20-44(8)30(39(38)46)14-15-33-43(7)18-17-35(56-37(53)26-41(3,4)40(54)55)42(5,6)32(43)16-19-45(33,44)9/h10-13,24,27,30,32-33,35,49H,14-23,25-26,48H2,1-9H3,(H,50,52)(H,54,55)/b34-24-/t30?,32-,33+,35-,43?,44+,45+,46-/m0/s1. The van der Waals surface area contributed by atoms with Crippen molar-refractivity contribution in [2.45, 2.75) is 133 Å². The molecule has 0 aliphatic heterocycles. The van der Waals surface area contributed by atoms with Gasteiger partial charge in [-0.2, -0.15) is 0 Å². The van der Waals surface area contributed by atoms with Gasteiger partial charge in [-0.25, -0.2) is 0 Å². The van der Waals surface area contributed by atoms with Crippen LogP contribution in [-0.2, 0) is 23.9 Å². The molecule has 0 spiro atoms. The highest BCUT2D eigenvalue weighted by Gasteiger charge is 2.70. The van der Waals surface area contributed by atoms with Crippen LogP contribution in [0.1, 0.15) is 127 Å². The van der Waals surface area contributed by atoms with E-state index < -0.39 is 22.8 Å². The maximum atomic E-state index is 14.3. The number of amides is 1. The fourth-order valence-electron chi connectivity index (χ4n) is 13.2. The first-order valence-electron chi connectivity index (χ1n) is 21.0. The number of hydrogen-bond donors (Lipinski definition) is 4. The quantitative estimate of drug-likeness (QED) is 0.128. The number of carbonyl (C=O) groups is 4. The first-order chi connectivity index (χ1) is 26.1. The lowest BCUT2D eigenvalue weighted by molar-refractivity contribution is -0.233. The number of benzene rings is 1. The van der Waals surface area contributed by atoms with E-state index in [-0.39, 0.29) is 57.7 Å². The Hall–Kier alpha value is -3.17. The Morgan fingerprint density at radius 2 is 1.64 bits per heavy atom. The molecule has 2 unspecified atom stereocenters. The summed E-state index contributed by atoms with van der Waals surface area (Å²) in [4.78, 5) is 53.0. The predicted octanol–water partition coefficient (Wildman–Crippen LogP) is 9.10. The van der Waals surface area contributed by atoms with Gasteiger partial charge in [-0.15, -0.1) is 0 Å². The average Bonchev–Trinajstić information content (AvgIpc) is 3.42. The van der Waals surface area contributed by atoms with Gasteiger partial charge in [-0.3, -0.25) is 19.2 Å². The Morgan fingerprint density at radius 3 is 2.27 bits per heavy atom. The summed E-state index contributed by atoms with van der Waals surface area (Å²) in [6.07, 6.45) is 9.12. The number of rotatable bonds is 11. The zero-order valence-electron chi connectivity index (χ0n) is 35.2. The molecule has 0 aromatic heterocycles. The highest BCUT2D eigenvalue weighted by molar-refractivity contribution is 6.30. The van der Waals surface area contributed by atoms with Crippen LogP contribution in [0.2, 0.25) is 5.02 Å². The molecule has 8 atom stereocenters. The average molecular weight is 793 g/mol. The summed E-state index contributed by atoms with van der Waals surface area (Å²) in [5.41, 5.74) is 7.60. The Labute approximate surface area is 339 Å². The number of ether oxygens (including phenoxy) is 1. The smallest absolute Gasteiger partial charge is 0.309 e. The number of fused-ring (bicyclic) bond motifs is 7. The van der Waals surface area contributed by atoms with E-state index in [0.717, 1.165) is 62.6 Å². The summed E-state index contributed by atoms with van der Waals surface area (Å²) in [7, 11) is 0. The molecule has 0 saturated heterocycles. The van der Waals surface area contributed by atoms with Crippen molar-refractivity contribution in [2.75, 3.05) is 18.4 Å². The van der Waals surface area contributed by atoms with E-state index in [2.05, 4.69) is 59.1 Å². The van der Waals surface area contributed by atoms with Gasteiger partial charge in [0.05, 0.1) is 11.8 Å². The second kappa shape index (κ2) is 14.9. The number of carbonyl (C=O) groups excluding carboxylic acids is 3. The molecule has 1 aromatic carbocycles. The van der Waals surface area contributed by atoms with Gasteiger partial charge in [0.15, 0.2) is 5.78 Å². The molecule has 0 heterocycles. The van der Waals surface area contributed by atoms with Gasteiger partial charge >= 0.3 is 11.9 Å². The Balaban J connectivity index is 1.33. The molecule has 0 bridgehead atoms. The van der Waals surface area contributed by atoms with Crippen LogP contribution in [0.5, 0.6) is 0 Å². The Morgan fingerprint density at radius 1 is 0.964 bits per heavy atom. The molecule has 1 aromatic rings. The summed E-state index contributed by atoms with van der Waals surface area (Å²) in [6.45, 7) is 20.4. The van der Waals surface area contributed by atoms with E-state index in [4.69, 9.17) is 22.1 Å². The van der Waals surface area contributed by atoms with Crippen LogP contribution in [0.4, 0.5) is 5.69 Å². The van der Waals surface area contributed by atoms with Crippen LogP contribution in [0, 0.1) is 56.2 Å². The molecule has 308 valence electrons. The van der Waals surface area contributed by atoms with Gasteiger partial charge < -0.3 is 26.2 Å². The first-order valence-corrected chi connectivity index (χ1v) is 21.4. The predicted molar refractivity (Wildman–Crippen MR) is 221 cm³/mol. The van der Waals surface area contributed by atoms with Gasteiger partial charge in [-0.1, -0.05) is 60.1 Å². The maximum Gasteiger partial charge on any atom is 0.309 e. The van der Waals surface area contributed by atoms with Crippen LogP contribution in [0.25, 0.3) is 0 Å². The van der Waals surface area contributed by atoms with E-state index >= 15 is 0 Å². The minimum absolute atomic E-state index is 0.000316. The number of nitrogens with two attached hydrogens (primary N) is 1. The highest BCUT2D eigenvalue weighted by Crippen LogP contribution is 2.77. The largest absolute Gasteiger partial charge is 0.481 e. The minimum Gasteiger partial charge on any atom is -0.481 e. The Bertz CT molecular complexity index is 1820. The van der Waals surface area contributed by atoms with Gasteiger partial charge in [0, 0.05) is 52.8 Å². The number of esters is 1. The summed E-state index contributed by atoms with van der Waals surface area (Å²) in [5, 5.41) is 16.8. The van der Waals surface area contributed by atoms with Crippen molar-refractivity contribution in [3.05, 3.63) is 52.2 Å². The second-order valence-corrected chi connectivity index (χ2v) is 20.7. The molecule has 6 rings (SSSR count). The number of halogens is 1. The molecule has 10 heteroatoms. The summed E-state index contributed by atoms with van der Waals surface area (Å²) < 4.78 is 6.18. The number of Topliss-reactive ketones (excluding diaryl/α,β-unsaturated/α-hetero) is 1. The third kappa shape index (κ3) is 6.84. The van der Waals surface area contributed by atoms with E-state index in [9.17, 15) is 24.3 Å². The number of hydrogen-bond acceptors (Lipinski definition) is 7. The molecule has 5 N–H and O–H groups in total. The lowest BCUT2D eigenvalue weighted by atomic mass is 9.33. The summed E-state index contributed by atoms with van der Waals surface area (Å²) in [5.74, 6) is -0.473. The van der Waals surface area contributed by atoms with Crippen molar-refractivity contribution >= 4 is 40.9 Å². The van der Waals surface area contributed by atoms with Crippen molar-refractivity contribution in [1.29, 1.82) is 0 Å². The van der Waals surface area contributed by atoms with Crippen LogP contribution < -0.4 is 16.4 Å². The van der Waals surface area contributed by atoms with Crippen molar-refractivity contribution in [3.8, 4) is 0 Å². The number of nitrogens with one attached hydrogen (secondary N) is 2. The molecule has 4 saturated carbocycles. The van der Waals surface area contributed by atoms with Crippen molar-refractivity contribution in [2.24, 2.45) is 61.9 Å². The number of ketones is 1. The summed E-state index contributed by atoms with van der Waals surface area (Å²) >= 11 is 6.11. The van der Waals surface area contributed by atoms with Crippen molar-refractivity contribution in [1.82, 2.24) is 5.32 Å². The van der Waals surface area contributed by atoms with E-state index in [0.29, 0.717) is 42.1 Å². The van der Waals surface area contributed by atoms with Gasteiger partial charge in [-0.05, 0) is 141 Å². The monoisotopic (exact) mass is 791 g/mol. The molecule has 0 radical (unpaired) electrons. The fraction of sp³-hybridized carbons (Fsp3) is 0.696. The third-order valence-corrected chi connectivity index (χ3v) is 16.4. The zero-order chi connectivity index (χ0) is 41.2. The molecule has 5 aliphatic rings. The minimum atomic E-state index is -1.18. The molecule has 5 aliphatic carbocycles. The first kappa shape index (κ1) is 42.4. The van der Waals surface area contributed by atoms with Crippen molar-refractivity contribution in [3.63, 3.8) is 0 Å². The molecular weight excluding hydrogens is 726 g/mol. The number of carboxylic acids is 1. The molecular formula is C46H66ClN3O6. The van der Waals surface area contributed by atoms with Gasteiger partial charge in [0.1, 0.15) is 6.10 Å². The number of aliphatic carboxylic acids is 1. The van der Waals surface area contributed by atoms with E-state index in [1.54, 1.807) is 44.2 Å². The fourth-order valence-corrected chi connectivity index (χ4v) is 13.3. The summed E-state index contributed by atoms with van der Waals surface area (Å²) in [6, 6.07) is 7.06. The normalized spacial score (nSPS) is 35.2. The Kier molecular flexibility index (Phi) is 11.3. The lowest BCUT2D eigenvalue weighted by Crippen LogP contribution is -2.66. The van der Waals surface area contributed by atoms with Gasteiger partial charge in [0.25, 0.3) is 0 Å². The van der Waals surface area contributed by atoms with E-state index in [1.165, 1.54) is 5.57 Å². The van der Waals surface area contributed by atoms with Crippen LogP contribution in [0.15, 0.2) is 47.2 Å². The van der Waals surface area contributed by atoms with Crippen LogP contribution >= 0.6 is 11.6 Å². The maximum absolute atomic E-state index is 14.3. The zero-order valence-corrected chi connectivity index (χ0v) is 36.0. The lowest BCUT2D eigenvalue weighted by Gasteiger charge is -2.72. The SMILES string of the molecule is CC(C)C1=C2C3CC[C@@H]4C5(C)CC[C@H](OC(=O)CC(C)(C)C(=O)O)C(C)(C)[C@@H]5CC[C@@]4(C)[C@]3(C)CC[C@@]2(/C(=C/C(=O)Nc2ccc(Cl)cc2)NCCN)CC1=O. The van der Waals surface area contributed by atoms with E-state index in [1.807, 2.05) is 0 Å². The van der Waals surface area contributed by atoms with Crippen LogP contribution in [-0.4, -0.2) is 47.9 Å². The number of anilines is 1. The molecule has 1 amide bonds.